The largest absolute Gasteiger partial charge is 0.394 e. The summed E-state index contributed by atoms with van der Waals surface area (Å²) in [6.45, 7) is -0.776. The summed E-state index contributed by atoms with van der Waals surface area (Å²) < 4.78 is 0. The van der Waals surface area contributed by atoms with E-state index in [-0.39, 0.29) is 5.69 Å². The second-order valence-electron chi connectivity index (χ2n) is 4.34. The molecular weight excluding hydrogens is 284 g/mol. The number of hydrogen-bond donors (Lipinski definition) is 5. The number of rotatable bonds is 8. The van der Waals surface area contributed by atoms with Crippen molar-refractivity contribution in [3.63, 3.8) is 0 Å². The third kappa shape index (κ3) is 4.46. The molecule has 1 rings (SSSR count). The van der Waals surface area contributed by atoms with Gasteiger partial charge in [0.25, 0.3) is 5.69 Å². The van der Waals surface area contributed by atoms with E-state index in [9.17, 15) is 30.2 Å². The Hall–Kier alpha value is -2.07. The van der Waals surface area contributed by atoms with Gasteiger partial charge in [0, 0.05) is 17.8 Å². The van der Waals surface area contributed by atoms with Gasteiger partial charge in [0.05, 0.1) is 11.5 Å². The number of anilines is 1. The van der Waals surface area contributed by atoms with Gasteiger partial charge in [-0.2, -0.15) is 0 Å². The van der Waals surface area contributed by atoms with Crippen molar-refractivity contribution in [1.29, 1.82) is 0 Å². The highest BCUT2D eigenvalue weighted by atomic mass is 16.6. The summed E-state index contributed by atoms with van der Waals surface area (Å²) in [5.41, 5.74) is 0.168. The molecule has 4 atom stereocenters. The van der Waals surface area contributed by atoms with Gasteiger partial charge in [0.2, 0.25) is 0 Å². The fourth-order valence-corrected chi connectivity index (χ4v) is 1.62. The SMILES string of the molecule is O=C[C@H](Nc1ccc([N+](=O)[O-])cc1)[C@@H](O)[C@@H](O)[C@H](O)CO. The molecule has 9 heteroatoms. The summed E-state index contributed by atoms with van der Waals surface area (Å²) in [7, 11) is 0. The average Bonchev–Trinajstić information content (AvgIpc) is 2.50. The van der Waals surface area contributed by atoms with Gasteiger partial charge in [-0.1, -0.05) is 0 Å². The molecule has 1 aromatic carbocycles. The number of nitro groups is 1. The van der Waals surface area contributed by atoms with Crippen LogP contribution in [0.4, 0.5) is 11.4 Å². The lowest BCUT2D eigenvalue weighted by Crippen LogP contribution is -2.49. The van der Waals surface area contributed by atoms with Gasteiger partial charge in [-0.15, -0.1) is 0 Å². The topological polar surface area (TPSA) is 153 Å². The molecular formula is C12H16N2O7. The molecule has 5 N–H and O–H groups in total. The van der Waals surface area contributed by atoms with E-state index in [1.165, 1.54) is 24.3 Å². The molecule has 9 nitrogen and oxygen atoms in total. The monoisotopic (exact) mass is 300 g/mol. The van der Waals surface area contributed by atoms with Crippen LogP contribution in [0, 0.1) is 10.1 Å². The Bertz CT molecular complexity index is 479. The zero-order valence-electron chi connectivity index (χ0n) is 10.9. The van der Waals surface area contributed by atoms with E-state index in [1.54, 1.807) is 0 Å². The van der Waals surface area contributed by atoms with Gasteiger partial charge >= 0.3 is 0 Å². The van der Waals surface area contributed by atoms with Crippen LogP contribution >= 0.6 is 0 Å². The van der Waals surface area contributed by atoms with Gasteiger partial charge < -0.3 is 30.5 Å². The Balaban J connectivity index is 2.77. The zero-order chi connectivity index (χ0) is 16.0. The first-order valence-corrected chi connectivity index (χ1v) is 6.02. The molecule has 0 aromatic heterocycles. The van der Waals surface area contributed by atoms with Crippen molar-refractivity contribution in [2.45, 2.75) is 24.4 Å². The van der Waals surface area contributed by atoms with Crippen LogP contribution in [0.25, 0.3) is 0 Å². The summed E-state index contributed by atoms with van der Waals surface area (Å²) in [6, 6.07) is 3.81. The molecule has 0 heterocycles. The van der Waals surface area contributed by atoms with E-state index in [4.69, 9.17) is 5.11 Å². The Morgan fingerprint density at radius 1 is 1.19 bits per heavy atom. The lowest BCUT2D eigenvalue weighted by Gasteiger charge is -2.26. The van der Waals surface area contributed by atoms with Gasteiger partial charge in [-0.05, 0) is 12.1 Å². The number of nitrogens with one attached hydrogen (secondary N) is 1. The number of benzene rings is 1. The first-order valence-electron chi connectivity index (χ1n) is 6.02. The third-order valence-corrected chi connectivity index (χ3v) is 2.86. The number of non-ortho nitro benzene ring substituents is 1. The van der Waals surface area contributed by atoms with E-state index >= 15 is 0 Å². The molecule has 0 aliphatic rings. The van der Waals surface area contributed by atoms with Crippen molar-refractivity contribution in [3.05, 3.63) is 34.4 Å². The fourth-order valence-electron chi connectivity index (χ4n) is 1.62. The minimum atomic E-state index is -1.73. The Morgan fingerprint density at radius 2 is 1.76 bits per heavy atom. The molecule has 0 spiro atoms. The molecule has 0 unspecified atom stereocenters. The maximum Gasteiger partial charge on any atom is 0.269 e. The van der Waals surface area contributed by atoms with Crippen molar-refractivity contribution < 1.29 is 30.1 Å². The van der Waals surface area contributed by atoms with Crippen LogP contribution in [0.2, 0.25) is 0 Å². The normalized spacial score (nSPS) is 16.6. The van der Waals surface area contributed by atoms with Crippen LogP contribution < -0.4 is 5.32 Å². The molecule has 0 fully saturated rings. The number of aldehydes is 1. The van der Waals surface area contributed by atoms with Crippen molar-refractivity contribution in [2.75, 3.05) is 11.9 Å². The van der Waals surface area contributed by atoms with E-state index in [0.29, 0.717) is 12.0 Å². The van der Waals surface area contributed by atoms with Gasteiger partial charge in [-0.3, -0.25) is 10.1 Å². The van der Waals surface area contributed by atoms with Gasteiger partial charge in [0.15, 0.2) is 0 Å². The first-order chi connectivity index (χ1) is 9.90. The molecule has 0 aliphatic heterocycles. The summed E-state index contributed by atoms with van der Waals surface area (Å²) >= 11 is 0. The Morgan fingerprint density at radius 3 is 2.19 bits per heavy atom. The quantitative estimate of drug-likeness (QED) is 0.224. The van der Waals surface area contributed by atoms with Crippen molar-refractivity contribution in [1.82, 2.24) is 0 Å². The molecule has 116 valence electrons. The van der Waals surface area contributed by atoms with Crippen LogP contribution in [0.5, 0.6) is 0 Å². The van der Waals surface area contributed by atoms with Crippen LogP contribution in [0.3, 0.4) is 0 Å². The number of carbonyl (C=O) groups is 1. The van der Waals surface area contributed by atoms with Crippen molar-refractivity contribution in [3.8, 4) is 0 Å². The molecule has 0 radical (unpaired) electrons. The van der Waals surface area contributed by atoms with Crippen LogP contribution in [0.1, 0.15) is 0 Å². The molecule has 1 aromatic rings. The minimum absolute atomic E-state index is 0.139. The number of nitrogens with zero attached hydrogens (tertiary/aromatic N) is 1. The van der Waals surface area contributed by atoms with E-state index in [2.05, 4.69) is 5.32 Å². The van der Waals surface area contributed by atoms with E-state index < -0.39 is 35.9 Å². The highest BCUT2D eigenvalue weighted by Crippen LogP contribution is 2.17. The second-order valence-corrected chi connectivity index (χ2v) is 4.34. The number of aliphatic hydroxyl groups excluding tert-OH is 4. The predicted molar refractivity (Wildman–Crippen MR) is 71.7 cm³/mol. The second kappa shape index (κ2) is 7.64. The number of carbonyl (C=O) groups excluding carboxylic acids is 1. The summed E-state index contributed by atoms with van der Waals surface area (Å²) in [6.07, 6.45) is -4.67. The zero-order valence-corrected chi connectivity index (χ0v) is 10.9. The fraction of sp³-hybridized carbons (Fsp3) is 0.417. The summed E-state index contributed by atoms with van der Waals surface area (Å²) in [5.74, 6) is 0. The van der Waals surface area contributed by atoms with Crippen molar-refractivity contribution in [2.24, 2.45) is 0 Å². The average molecular weight is 300 g/mol. The maximum atomic E-state index is 11.0. The highest BCUT2D eigenvalue weighted by molar-refractivity contribution is 5.66. The summed E-state index contributed by atoms with van der Waals surface area (Å²) in [4.78, 5) is 20.9. The third-order valence-electron chi connectivity index (χ3n) is 2.86. The number of hydrogen-bond acceptors (Lipinski definition) is 8. The van der Waals surface area contributed by atoms with Crippen LogP contribution in [0.15, 0.2) is 24.3 Å². The molecule has 0 saturated carbocycles. The van der Waals surface area contributed by atoms with Crippen molar-refractivity contribution >= 4 is 17.7 Å². The molecule has 0 amide bonds. The minimum Gasteiger partial charge on any atom is -0.394 e. The van der Waals surface area contributed by atoms with Crippen LogP contribution in [-0.4, -0.2) is 62.6 Å². The van der Waals surface area contributed by atoms with Gasteiger partial charge in [-0.25, -0.2) is 0 Å². The van der Waals surface area contributed by atoms with E-state index in [1.807, 2.05) is 0 Å². The molecule has 0 bridgehead atoms. The van der Waals surface area contributed by atoms with Gasteiger partial charge in [0.1, 0.15) is 30.6 Å². The van der Waals surface area contributed by atoms with Crippen LogP contribution in [-0.2, 0) is 4.79 Å². The standard InChI is InChI=1S/C12H16N2O7/c15-5-9(11(18)12(19)10(17)6-16)13-7-1-3-8(4-2-7)14(20)21/h1-5,9-13,16-19H,6H2/t9-,10+,11+,12-/m0/s1. The Labute approximate surface area is 119 Å². The highest BCUT2D eigenvalue weighted by Gasteiger charge is 2.31. The maximum absolute atomic E-state index is 11.0. The number of aliphatic hydroxyl groups is 4. The lowest BCUT2D eigenvalue weighted by atomic mass is 10.0. The number of nitro benzene ring substituents is 1. The molecule has 0 aliphatic carbocycles. The predicted octanol–water partition coefficient (Wildman–Crippen LogP) is -1.35. The molecule has 21 heavy (non-hydrogen) atoms. The van der Waals surface area contributed by atoms with E-state index in [0.717, 1.165) is 0 Å². The smallest absolute Gasteiger partial charge is 0.269 e. The first kappa shape index (κ1) is 17.0. The lowest BCUT2D eigenvalue weighted by molar-refractivity contribution is -0.384. The Kier molecular flexibility index (Phi) is 6.18. The summed E-state index contributed by atoms with van der Waals surface area (Å²) in [5, 5.41) is 50.3. The molecule has 0 saturated heterocycles.